The lowest BCUT2D eigenvalue weighted by atomic mass is 9.79. The molecule has 0 spiro atoms. The largest absolute Gasteiger partial charge is 0.381 e. The second kappa shape index (κ2) is 5.70. The Morgan fingerprint density at radius 1 is 1.44 bits per heavy atom. The van der Waals surface area contributed by atoms with E-state index in [0.29, 0.717) is 11.3 Å². The molecule has 3 heteroatoms. The zero-order chi connectivity index (χ0) is 13.2. The van der Waals surface area contributed by atoms with Gasteiger partial charge >= 0.3 is 0 Å². The standard InChI is InChI=1S/C15H25NOS/c1-11(2)5-13-10-18-14(16-13)7-15(3,4)6-12-8-17-9-12/h10-12H,5-9H2,1-4H3. The molecule has 0 aromatic carbocycles. The van der Waals surface area contributed by atoms with Crippen LogP contribution in [0.15, 0.2) is 5.38 Å². The summed E-state index contributed by atoms with van der Waals surface area (Å²) in [6.07, 6.45) is 3.46. The van der Waals surface area contributed by atoms with E-state index in [2.05, 4.69) is 33.1 Å². The number of aromatic nitrogens is 1. The van der Waals surface area contributed by atoms with Crippen molar-refractivity contribution in [2.24, 2.45) is 17.3 Å². The highest BCUT2D eigenvalue weighted by Gasteiger charge is 2.29. The van der Waals surface area contributed by atoms with Gasteiger partial charge in [0.05, 0.1) is 23.9 Å². The Morgan fingerprint density at radius 3 is 2.72 bits per heavy atom. The molecular weight excluding hydrogens is 242 g/mol. The molecule has 1 saturated heterocycles. The number of rotatable bonds is 6. The first-order valence-corrected chi connectivity index (χ1v) is 7.83. The van der Waals surface area contributed by atoms with Crippen molar-refractivity contribution in [2.45, 2.75) is 47.0 Å². The normalized spacial score (nSPS) is 17.2. The van der Waals surface area contributed by atoms with E-state index in [1.165, 1.54) is 17.1 Å². The summed E-state index contributed by atoms with van der Waals surface area (Å²) in [5.41, 5.74) is 1.62. The van der Waals surface area contributed by atoms with Crippen molar-refractivity contribution in [3.63, 3.8) is 0 Å². The lowest BCUT2D eigenvalue weighted by Gasteiger charge is -2.34. The maximum Gasteiger partial charge on any atom is 0.0933 e. The van der Waals surface area contributed by atoms with Gasteiger partial charge in [-0.25, -0.2) is 4.98 Å². The molecule has 0 saturated carbocycles. The van der Waals surface area contributed by atoms with Crippen LogP contribution in [0.4, 0.5) is 0 Å². The Hall–Kier alpha value is -0.410. The van der Waals surface area contributed by atoms with Crippen molar-refractivity contribution >= 4 is 11.3 Å². The van der Waals surface area contributed by atoms with Crippen LogP contribution in [-0.2, 0) is 17.6 Å². The van der Waals surface area contributed by atoms with E-state index in [1.54, 1.807) is 0 Å². The number of hydrogen-bond acceptors (Lipinski definition) is 3. The van der Waals surface area contributed by atoms with E-state index < -0.39 is 0 Å². The zero-order valence-electron chi connectivity index (χ0n) is 12.0. The maximum atomic E-state index is 5.27. The molecule has 2 nitrogen and oxygen atoms in total. The van der Waals surface area contributed by atoms with E-state index in [1.807, 2.05) is 11.3 Å². The molecule has 0 unspecified atom stereocenters. The summed E-state index contributed by atoms with van der Waals surface area (Å²) in [4.78, 5) is 4.77. The highest BCUT2D eigenvalue weighted by Crippen LogP contribution is 2.33. The van der Waals surface area contributed by atoms with Crippen LogP contribution in [0.5, 0.6) is 0 Å². The topological polar surface area (TPSA) is 22.1 Å². The van der Waals surface area contributed by atoms with Crippen LogP contribution in [0.2, 0.25) is 0 Å². The molecule has 18 heavy (non-hydrogen) atoms. The quantitative estimate of drug-likeness (QED) is 0.778. The molecule has 1 fully saturated rings. The summed E-state index contributed by atoms with van der Waals surface area (Å²) in [5, 5.41) is 3.54. The first kappa shape index (κ1) is 14.0. The molecule has 0 atom stereocenters. The van der Waals surface area contributed by atoms with Crippen molar-refractivity contribution in [2.75, 3.05) is 13.2 Å². The average Bonchev–Trinajstić information content (AvgIpc) is 2.57. The lowest BCUT2D eigenvalue weighted by molar-refractivity contribution is -0.0505. The molecular formula is C15H25NOS. The predicted octanol–water partition coefficient (Wildman–Crippen LogP) is 3.95. The van der Waals surface area contributed by atoms with E-state index in [-0.39, 0.29) is 0 Å². The van der Waals surface area contributed by atoms with Crippen molar-refractivity contribution in [1.82, 2.24) is 4.98 Å². The molecule has 0 N–H and O–H groups in total. The van der Waals surface area contributed by atoms with E-state index >= 15 is 0 Å². The van der Waals surface area contributed by atoms with Gasteiger partial charge in [-0.15, -0.1) is 11.3 Å². The SMILES string of the molecule is CC(C)Cc1csc(CC(C)(C)CC2COC2)n1. The molecule has 0 aliphatic carbocycles. The minimum atomic E-state index is 0.349. The Kier molecular flexibility index (Phi) is 4.44. The van der Waals surface area contributed by atoms with Crippen molar-refractivity contribution < 1.29 is 4.74 Å². The van der Waals surface area contributed by atoms with E-state index in [9.17, 15) is 0 Å². The van der Waals surface area contributed by atoms with Gasteiger partial charge in [0, 0.05) is 17.7 Å². The molecule has 1 aliphatic rings. The van der Waals surface area contributed by atoms with Crippen LogP contribution >= 0.6 is 11.3 Å². The third kappa shape index (κ3) is 4.06. The third-order valence-corrected chi connectivity index (χ3v) is 4.29. The molecule has 1 aromatic heterocycles. The van der Waals surface area contributed by atoms with Crippen LogP contribution in [0, 0.1) is 17.3 Å². The fourth-order valence-corrected chi connectivity index (χ4v) is 3.67. The second-order valence-electron chi connectivity index (χ2n) is 6.78. The van der Waals surface area contributed by atoms with Crippen LogP contribution in [0.25, 0.3) is 0 Å². The summed E-state index contributed by atoms with van der Waals surface area (Å²) in [5.74, 6) is 1.47. The second-order valence-corrected chi connectivity index (χ2v) is 7.72. The van der Waals surface area contributed by atoms with Crippen molar-refractivity contribution in [3.8, 4) is 0 Å². The predicted molar refractivity (Wildman–Crippen MR) is 77.1 cm³/mol. The van der Waals surface area contributed by atoms with E-state index in [0.717, 1.165) is 32.0 Å². The third-order valence-electron chi connectivity index (χ3n) is 3.39. The smallest absolute Gasteiger partial charge is 0.0933 e. The molecule has 1 aromatic rings. The first-order chi connectivity index (χ1) is 8.44. The Balaban J connectivity index is 1.88. The van der Waals surface area contributed by atoms with Crippen molar-refractivity contribution in [1.29, 1.82) is 0 Å². The van der Waals surface area contributed by atoms with Gasteiger partial charge in [-0.2, -0.15) is 0 Å². The van der Waals surface area contributed by atoms with Gasteiger partial charge in [0.2, 0.25) is 0 Å². The average molecular weight is 267 g/mol. The molecule has 102 valence electrons. The molecule has 0 bridgehead atoms. The fraction of sp³-hybridized carbons (Fsp3) is 0.800. The first-order valence-electron chi connectivity index (χ1n) is 6.95. The number of ether oxygens (including phenoxy) is 1. The molecule has 0 radical (unpaired) electrons. The van der Waals surface area contributed by atoms with Gasteiger partial charge in [0.25, 0.3) is 0 Å². The van der Waals surface area contributed by atoms with Crippen LogP contribution in [0.1, 0.15) is 44.8 Å². The Bertz CT molecular complexity index is 380. The van der Waals surface area contributed by atoms with Gasteiger partial charge in [-0.1, -0.05) is 27.7 Å². The summed E-state index contributed by atoms with van der Waals surface area (Å²) in [6.45, 7) is 11.1. The van der Waals surface area contributed by atoms with E-state index in [4.69, 9.17) is 9.72 Å². The zero-order valence-corrected chi connectivity index (χ0v) is 12.8. The highest BCUT2D eigenvalue weighted by atomic mass is 32.1. The summed E-state index contributed by atoms with van der Waals surface area (Å²) in [7, 11) is 0. The minimum Gasteiger partial charge on any atom is -0.381 e. The van der Waals surface area contributed by atoms with Gasteiger partial charge < -0.3 is 4.74 Å². The van der Waals surface area contributed by atoms with Crippen LogP contribution in [0.3, 0.4) is 0 Å². The molecule has 0 amide bonds. The van der Waals surface area contributed by atoms with Gasteiger partial charge in [-0.05, 0) is 24.2 Å². The number of hydrogen-bond donors (Lipinski definition) is 0. The Morgan fingerprint density at radius 2 is 2.17 bits per heavy atom. The molecule has 2 rings (SSSR count). The molecule has 2 heterocycles. The lowest BCUT2D eigenvalue weighted by Crippen LogP contribution is -2.33. The van der Waals surface area contributed by atoms with Crippen LogP contribution < -0.4 is 0 Å². The summed E-state index contributed by atoms with van der Waals surface area (Å²) < 4.78 is 5.27. The number of nitrogens with zero attached hydrogens (tertiary/aromatic N) is 1. The summed E-state index contributed by atoms with van der Waals surface area (Å²) >= 11 is 1.83. The van der Waals surface area contributed by atoms with Crippen molar-refractivity contribution in [3.05, 3.63) is 16.1 Å². The van der Waals surface area contributed by atoms with Gasteiger partial charge in [-0.3, -0.25) is 0 Å². The highest BCUT2D eigenvalue weighted by molar-refractivity contribution is 7.09. The summed E-state index contributed by atoms with van der Waals surface area (Å²) in [6, 6.07) is 0. The van der Waals surface area contributed by atoms with Gasteiger partial charge in [0.15, 0.2) is 0 Å². The Labute approximate surface area is 115 Å². The minimum absolute atomic E-state index is 0.349. The monoisotopic (exact) mass is 267 g/mol. The van der Waals surface area contributed by atoms with Gasteiger partial charge in [0.1, 0.15) is 0 Å². The van der Waals surface area contributed by atoms with Crippen LogP contribution in [-0.4, -0.2) is 18.2 Å². The fourth-order valence-electron chi connectivity index (χ4n) is 2.61. The molecule has 1 aliphatic heterocycles. The maximum absolute atomic E-state index is 5.27. The number of thiazole rings is 1.